The highest BCUT2D eigenvalue weighted by Gasteiger charge is 2.22. The predicted molar refractivity (Wildman–Crippen MR) is 69.7 cm³/mol. The minimum atomic E-state index is -0.603. The zero-order valence-corrected chi connectivity index (χ0v) is 11.5. The molecule has 1 atom stereocenters. The quantitative estimate of drug-likeness (QED) is 0.801. The summed E-state index contributed by atoms with van der Waals surface area (Å²) in [5, 5.41) is 12.1. The van der Waals surface area contributed by atoms with Crippen LogP contribution in [-0.4, -0.2) is 38.9 Å². The largest absolute Gasteiger partial charge is 0.496 e. The van der Waals surface area contributed by atoms with Gasteiger partial charge in [-0.2, -0.15) is 0 Å². The molecule has 1 aromatic carbocycles. The van der Waals surface area contributed by atoms with Crippen molar-refractivity contribution < 1.29 is 24.1 Å². The van der Waals surface area contributed by atoms with Crippen LogP contribution in [-0.2, 0) is 4.79 Å². The van der Waals surface area contributed by atoms with Gasteiger partial charge < -0.3 is 24.6 Å². The maximum absolute atomic E-state index is 11.2. The Bertz CT molecular complexity index is 422. The molecular weight excluding hydrogens is 250 g/mol. The second kappa shape index (κ2) is 6.84. The number of aliphatic hydroxyl groups excluding tert-OH is 1. The highest BCUT2D eigenvalue weighted by atomic mass is 16.5. The number of methoxy groups -OCH3 is 3. The van der Waals surface area contributed by atoms with Gasteiger partial charge in [0, 0.05) is 19.1 Å². The van der Waals surface area contributed by atoms with E-state index in [2.05, 4.69) is 5.32 Å². The first kappa shape index (κ1) is 15.1. The molecule has 2 N–H and O–H groups in total. The molecule has 0 spiro atoms. The Morgan fingerprint density at radius 1 is 1.21 bits per heavy atom. The Hall–Kier alpha value is -1.95. The number of amides is 1. The van der Waals surface area contributed by atoms with Gasteiger partial charge in [-0.1, -0.05) is 0 Å². The monoisotopic (exact) mass is 269 g/mol. The van der Waals surface area contributed by atoms with Gasteiger partial charge in [0.05, 0.1) is 39.5 Å². The first-order chi connectivity index (χ1) is 9.07. The first-order valence-corrected chi connectivity index (χ1v) is 5.75. The van der Waals surface area contributed by atoms with Crippen LogP contribution in [0.1, 0.15) is 18.5 Å². The summed E-state index contributed by atoms with van der Waals surface area (Å²) in [5.41, 5.74) is 0.573. The van der Waals surface area contributed by atoms with E-state index in [1.807, 2.05) is 0 Å². The Labute approximate surface area is 112 Å². The molecule has 0 saturated carbocycles. The minimum Gasteiger partial charge on any atom is -0.496 e. The lowest BCUT2D eigenvalue weighted by molar-refractivity contribution is -0.120. The summed E-state index contributed by atoms with van der Waals surface area (Å²) in [6, 6.07) is 2.73. The second-order valence-corrected chi connectivity index (χ2v) is 3.88. The van der Waals surface area contributed by atoms with E-state index in [0.29, 0.717) is 22.8 Å². The molecule has 1 rings (SSSR count). The van der Waals surface area contributed by atoms with Gasteiger partial charge in [-0.25, -0.2) is 0 Å². The molecule has 0 aliphatic rings. The van der Waals surface area contributed by atoms with Crippen molar-refractivity contribution in [3.63, 3.8) is 0 Å². The molecule has 0 radical (unpaired) electrons. The van der Waals surface area contributed by atoms with Crippen LogP contribution in [0.4, 0.5) is 0 Å². The van der Waals surface area contributed by atoms with Gasteiger partial charge in [0.15, 0.2) is 0 Å². The lowest BCUT2D eigenvalue weighted by atomic mass is 10.0. The molecule has 0 bridgehead atoms. The van der Waals surface area contributed by atoms with Crippen LogP contribution in [0.15, 0.2) is 12.1 Å². The number of rotatable bonds is 6. The van der Waals surface area contributed by atoms with Gasteiger partial charge in [-0.3, -0.25) is 4.79 Å². The highest BCUT2D eigenvalue weighted by Crippen LogP contribution is 2.38. The van der Waals surface area contributed by atoms with E-state index < -0.39 is 6.04 Å². The van der Waals surface area contributed by atoms with Crippen LogP contribution in [0.2, 0.25) is 0 Å². The Balaban J connectivity index is 3.32. The molecule has 6 nitrogen and oxygen atoms in total. The summed E-state index contributed by atoms with van der Waals surface area (Å²) in [4.78, 5) is 11.2. The Morgan fingerprint density at radius 2 is 1.74 bits per heavy atom. The van der Waals surface area contributed by atoms with Crippen molar-refractivity contribution >= 4 is 5.91 Å². The van der Waals surface area contributed by atoms with Crippen molar-refractivity contribution in [2.75, 3.05) is 27.9 Å². The maximum Gasteiger partial charge on any atom is 0.217 e. The van der Waals surface area contributed by atoms with Crippen LogP contribution in [0, 0.1) is 0 Å². The fourth-order valence-corrected chi connectivity index (χ4v) is 1.83. The van der Waals surface area contributed by atoms with Crippen molar-refractivity contribution in [3.8, 4) is 17.2 Å². The van der Waals surface area contributed by atoms with Crippen LogP contribution < -0.4 is 19.5 Å². The summed E-state index contributed by atoms with van der Waals surface area (Å²) >= 11 is 0. The summed E-state index contributed by atoms with van der Waals surface area (Å²) in [6.07, 6.45) is 0. The Kier molecular flexibility index (Phi) is 5.44. The van der Waals surface area contributed by atoms with E-state index in [4.69, 9.17) is 14.2 Å². The van der Waals surface area contributed by atoms with Crippen LogP contribution >= 0.6 is 0 Å². The number of hydrogen-bond acceptors (Lipinski definition) is 5. The summed E-state index contributed by atoms with van der Waals surface area (Å²) in [7, 11) is 4.53. The topological polar surface area (TPSA) is 77.0 Å². The second-order valence-electron chi connectivity index (χ2n) is 3.88. The summed E-state index contributed by atoms with van der Waals surface area (Å²) in [6.45, 7) is 1.11. The molecule has 1 aromatic rings. The van der Waals surface area contributed by atoms with E-state index in [1.54, 1.807) is 12.1 Å². The number of ether oxygens (including phenoxy) is 3. The third-order valence-electron chi connectivity index (χ3n) is 2.66. The molecule has 106 valence electrons. The van der Waals surface area contributed by atoms with Gasteiger partial charge in [-0.15, -0.1) is 0 Å². The Morgan fingerprint density at radius 3 is 2.05 bits per heavy atom. The van der Waals surface area contributed by atoms with Crippen LogP contribution in [0.25, 0.3) is 0 Å². The number of carbonyl (C=O) groups excluding carboxylic acids is 1. The average Bonchev–Trinajstić information content (AvgIpc) is 2.42. The summed E-state index contributed by atoms with van der Waals surface area (Å²) in [5.74, 6) is 1.27. The minimum absolute atomic E-state index is 0.251. The van der Waals surface area contributed by atoms with E-state index >= 15 is 0 Å². The smallest absolute Gasteiger partial charge is 0.217 e. The maximum atomic E-state index is 11.2. The molecule has 19 heavy (non-hydrogen) atoms. The van der Waals surface area contributed by atoms with E-state index in [9.17, 15) is 9.90 Å². The van der Waals surface area contributed by atoms with Gasteiger partial charge in [0.1, 0.15) is 17.2 Å². The van der Waals surface area contributed by atoms with Crippen molar-refractivity contribution in [2.24, 2.45) is 0 Å². The van der Waals surface area contributed by atoms with E-state index in [-0.39, 0.29) is 12.5 Å². The molecule has 0 aliphatic heterocycles. The lowest BCUT2D eigenvalue weighted by Crippen LogP contribution is -2.29. The number of nitrogens with one attached hydrogen (secondary N) is 1. The molecule has 0 aliphatic carbocycles. The van der Waals surface area contributed by atoms with Crippen LogP contribution in [0.5, 0.6) is 17.2 Å². The van der Waals surface area contributed by atoms with Gasteiger partial charge in [-0.05, 0) is 0 Å². The van der Waals surface area contributed by atoms with Crippen LogP contribution in [0.3, 0.4) is 0 Å². The zero-order chi connectivity index (χ0) is 14.4. The molecule has 6 heteroatoms. The van der Waals surface area contributed by atoms with Gasteiger partial charge in [0.25, 0.3) is 0 Å². The SMILES string of the molecule is COc1cc(OC)c(C(CO)NC(C)=O)c(OC)c1. The number of carbonyl (C=O) groups is 1. The van der Waals surface area contributed by atoms with Gasteiger partial charge in [0.2, 0.25) is 5.91 Å². The normalized spacial score (nSPS) is 11.6. The van der Waals surface area contributed by atoms with Crippen molar-refractivity contribution in [1.29, 1.82) is 0 Å². The molecular formula is C13H19NO5. The average molecular weight is 269 g/mol. The predicted octanol–water partition coefficient (Wildman–Crippen LogP) is 0.882. The fourth-order valence-electron chi connectivity index (χ4n) is 1.83. The molecule has 0 fully saturated rings. The number of hydrogen-bond donors (Lipinski definition) is 2. The summed E-state index contributed by atoms with van der Waals surface area (Å²) < 4.78 is 15.7. The third-order valence-corrected chi connectivity index (χ3v) is 2.66. The standard InChI is InChI=1S/C13H19NO5/c1-8(16)14-10(7-15)13-11(18-3)5-9(17-2)6-12(13)19-4/h5-6,10,15H,7H2,1-4H3,(H,14,16). The third kappa shape index (κ3) is 3.51. The lowest BCUT2D eigenvalue weighted by Gasteiger charge is -2.22. The first-order valence-electron chi connectivity index (χ1n) is 5.75. The molecule has 1 unspecified atom stereocenters. The number of aliphatic hydroxyl groups is 1. The molecule has 0 heterocycles. The zero-order valence-electron chi connectivity index (χ0n) is 11.5. The van der Waals surface area contributed by atoms with Crippen molar-refractivity contribution in [3.05, 3.63) is 17.7 Å². The number of benzene rings is 1. The fraction of sp³-hybridized carbons (Fsp3) is 0.462. The molecule has 1 amide bonds. The van der Waals surface area contributed by atoms with E-state index in [0.717, 1.165) is 0 Å². The highest BCUT2D eigenvalue weighted by molar-refractivity contribution is 5.74. The van der Waals surface area contributed by atoms with Crippen molar-refractivity contribution in [2.45, 2.75) is 13.0 Å². The van der Waals surface area contributed by atoms with Crippen molar-refractivity contribution in [1.82, 2.24) is 5.32 Å². The molecule has 0 saturated heterocycles. The van der Waals surface area contributed by atoms with E-state index in [1.165, 1.54) is 28.3 Å². The van der Waals surface area contributed by atoms with Gasteiger partial charge >= 0.3 is 0 Å². The molecule has 0 aromatic heterocycles.